The van der Waals surface area contributed by atoms with Gasteiger partial charge in [-0.2, -0.15) is 10.2 Å². The zero-order valence-corrected chi connectivity index (χ0v) is 14.7. The molecular formula is C18H17N5O4. The number of aryl methyl sites for hydroxylation is 1. The van der Waals surface area contributed by atoms with Crippen LogP contribution in [-0.4, -0.2) is 38.0 Å². The molecule has 2 aromatic heterocycles. The smallest absolute Gasteiger partial charge is 0.358 e. The lowest BCUT2D eigenvalue weighted by Gasteiger charge is -2.07. The highest BCUT2D eigenvalue weighted by atomic mass is 16.5. The van der Waals surface area contributed by atoms with Crippen molar-refractivity contribution in [3.63, 3.8) is 0 Å². The van der Waals surface area contributed by atoms with Gasteiger partial charge in [-0.05, 0) is 43.3 Å². The van der Waals surface area contributed by atoms with Gasteiger partial charge in [0.25, 0.3) is 11.5 Å². The van der Waals surface area contributed by atoms with E-state index in [4.69, 9.17) is 4.74 Å². The van der Waals surface area contributed by atoms with Gasteiger partial charge in [-0.15, -0.1) is 0 Å². The summed E-state index contributed by atoms with van der Waals surface area (Å²) in [5.41, 5.74) is 1.32. The average Bonchev–Trinajstić information content (AvgIpc) is 3.15. The second kappa shape index (κ2) is 7.65. The normalized spacial score (nSPS) is 10.4. The second-order valence-corrected chi connectivity index (χ2v) is 5.55. The van der Waals surface area contributed by atoms with Gasteiger partial charge in [0.2, 0.25) is 0 Å². The Labute approximate surface area is 154 Å². The number of amides is 1. The van der Waals surface area contributed by atoms with Crippen LogP contribution in [0.5, 0.6) is 0 Å². The van der Waals surface area contributed by atoms with Crippen LogP contribution in [0.15, 0.2) is 53.5 Å². The second-order valence-electron chi connectivity index (χ2n) is 5.55. The van der Waals surface area contributed by atoms with Crippen LogP contribution in [0.4, 0.5) is 5.69 Å². The number of ether oxygens (including phenoxy) is 1. The molecule has 0 radical (unpaired) electrons. The predicted molar refractivity (Wildman–Crippen MR) is 97.0 cm³/mol. The fourth-order valence-electron chi connectivity index (χ4n) is 2.30. The van der Waals surface area contributed by atoms with Gasteiger partial charge in [0, 0.05) is 25.0 Å². The van der Waals surface area contributed by atoms with Crippen LogP contribution < -0.4 is 10.9 Å². The van der Waals surface area contributed by atoms with Gasteiger partial charge in [0.1, 0.15) is 5.69 Å². The number of hydrogen-bond acceptors (Lipinski definition) is 6. The van der Waals surface area contributed by atoms with Crippen molar-refractivity contribution in [3.8, 4) is 5.69 Å². The van der Waals surface area contributed by atoms with E-state index in [9.17, 15) is 14.4 Å². The van der Waals surface area contributed by atoms with Gasteiger partial charge in [-0.25, -0.2) is 14.2 Å². The summed E-state index contributed by atoms with van der Waals surface area (Å²) in [7, 11) is 1.47. The van der Waals surface area contributed by atoms with Crippen molar-refractivity contribution < 1.29 is 14.3 Å². The van der Waals surface area contributed by atoms with Crippen LogP contribution in [0.1, 0.15) is 27.9 Å². The lowest BCUT2D eigenvalue weighted by Crippen LogP contribution is -2.23. The number of esters is 1. The lowest BCUT2D eigenvalue weighted by molar-refractivity contribution is 0.0519. The Balaban J connectivity index is 1.71. The third-order valence-electron chi connectivity index (χ3n) is 3.66. The van der Waals surface area contributed by atoms with Gasteiger partial charge in [-0.1, -0.05) is 0 Å². The summed E-state index contributed by atoms with van der Waals surface area (Å²) in [6.07, 6.45) is 1.65. The number of carbonyl (C=O) groups is 2. The number of rotatable bonds is 5. The highest BCUT2D eigenvalue weighted by Crippen LogP contribution is 2.14. The lowest BCUT2D eigenvalue weighted by atomic mass is 10.2. The molecule has 0 aliphatic carbocycles. The van der Waals surface area contributed by atoms with Gasteiger partial charge >= 0.3 is 5.97 Å². The average molecular weight is 367 g/mol. The summed E-state index contributed by atoms with van der Waals surface area (Å²) in [5.74, 6) is -0.910. The number of carbonyl (C=O) groups excluding carboxylic acids is 2. The number of aromatic nitrogens is 4. The maximum atomic E-state index is 12.2. The molecule has 0 aliphatic heterocycles. The van der Waals surface area contributed by atoms with Gasteiger partial charge in [-0.3, -0.25) is 9.59 Å². The van der Waals surface area contributed by atoms with Crippen molar-refractivity contribution in [1.82, 2.24) is 19.6 Å². The van der Waals surface area contributed by atoms with Crippen molar-refractivity contribution in [2.75, 3.05) is 11.9 Å². The first-order valence-corrected chi connectivity index (χ1v) is 8.17. The van der Waals surface area contributed by atoms with E-state index in [1.54, 1.807) is 43.5 Å². The molecule has 0 saturated carbocycles. The molecule has 0 bridgehead atoms. The first kappa shape index (κ1) is 18.1. The summed E-state index contributed by atoms with van der Waals surface area (Å²) >= 11 is 0. The highest BCUT2D eigenvalue weighted by molar-refractivity contribution is 6.02. The van der Waals surface area contributed by atoms with Crippen LogP contribution >= 0.6 is 0 Å². The molecule has 9 nitrogen and oxygen atoms in total. The highest BCUT2D eigenvalue weighted by Gasteiger charge is 2.12. The van der Waals surface area contributed by atoms with Gasteiger partial charge in [0.05, 0.1) is 12.3 Å². The number of nitrogens with one attached hydrogen (secondary N) is 1. The standard InChI is InChI=1S/C18H17N5O4/c1-3-27-18(26)15-10-11-23(21-15)13-6-4-12(5-7-13)19-17(25)14-8-9-16(24)22(2)20-14/h4-11H,3H2,1-2H3,(H,19,25). The Kier molecular flexibility index (Phi) is 5.11. The van der Waals surface area contributed by atoms with Crippen LogP contribution in [-0.2, 0) is 11.8 Å². The molecule has 1 N–H and O–H groups in total. The number of hydrogen-bond donors (Lipinski definition) is 1. The Bertz CT molecular complexity index is 1040. The predicted octanol–water partition coefficient (Wildman–Crippen LogP) is 1.39. The topological polar surface area (TPSA) is 108 Å². The monoisotopic (exact) mass is 367 g/mol. The first-order valence-electron chi connectivity index (χ1n) is 8.17. The fourth-order valence-corrected chi connectivity index (χ4v) is 2.30. The molecule has 0 aliphatic rings. The molecule has 0 saturated heterocycles. The molecule has 0 spiro atoms. The summed E-state index contributed by atoms with van der Waals surface area (Å²) < 4.78 is 7.54. The van der Waals surface area contributed by atoms with Crippen LogP contribution in [0.3, 0.4) is 0 Å². The molecule has 3 aromatic rings. The van der Waals surface area contributed by atoms with Crippen LogP contribution in [0.25, 0.3) is 5.69 Å². The quantitative estimate of drug-likeness (QED) is 0.683. The Hall–Kier alpha value is -3.75. The SMILES string of the molecule is CCOC(=O)c1ccn(-c2ccc(NC(=O)c3ccc(=O)n(C)n3)cc2)n1. The van der Waals surface area contributed by atoms with Crippen LogP contribution in [0.2, 0.25) is 0 Å². The van der Waals surface area contributed by atoms with Gasteiger partial charge < -0.3 is 10.1 Å². The molecule has 27 heavy (non-hydrogen) atoms. The van der Waals surface area contributed by atoms with E-state index in [0.717, 1.165) is 4.68 Å². The summed E-state index contributed by atoms with van der Waals surface area (Å²) in [4.78, 5) is 35.2. The molecule has 0 fully saturated rings. The summed E-state index contributed by atoms with van der Waals surface area (Å²) in [6, 6.07) is 11.1. The van der Waals surface area contributed by atoms with E-state index in [-0.39, 0.29) is 23.6 Å². The van der Waals surface area contributed by atoms with E-state index in [0.29, 0.717) is 11.4 Å². The Morgan fingerprint density at radius 2 is 1.78 bits per heavy atom. The fraction of sp³-hybridized carbons (Fsp3) is 0.167. The molecule has 3 rings (SSSR count). The maximum Gasteiger partial charge on any atom is 0.358 e. The molecule has 2 heterocycles. The number of benzene rings is 1. The minimum absolute atomic E-state index is 0.132. The third-order valence-corrected chi connectivity index (χ3v) is 3.66. The molecule has 9 heteroatoms. The summed E-state index contributed by atoms with van der Waals surface area (Å²) in [6.45, 7) is 2.01. The van der Waals surface area contributed by atoms with Crippen molar-refractivity contribution in [3.05, 3.63) is 70.4 Å². The summed E-state index contributed by atoms with van der Waals surface area (Å²) in [5, 5.41) is 10.8. The zero-order chi connectivity index (χ0) is 19.4. The van der Waals surface area contributed by atoms with E-state index >= 15 is 0 Å². The molecular weight excluding hydrogens is 350 g/mol. The molecule has 1 amide bonds. The van der Waals surface area contributed by atoms with E-state index in [2.05, 4.69) is 15.5 Å². The van der Waals surface area contributed by atoms with Gasteiger partial charge in [0.15, 0.2) is 5.69 Å². The number of nitrogens with zero attached hydrogens (tertiary/aromatic N) is 4. The van der Waals surface area contributed by atoms with Crippen molar-refractivity contribution in [2.24, 2.45) is 7.05 Å². The Morgan fingerprint density at radius 1 is 1.04 bits per heavy atom. The molecule has 1 aromatic carbocycles. The van der Waals surface area contributed by atoms with Crippen molar-refractivity contribution in [1.29, 1.82) is 0 Å². The minimum Gasteiger partial charge on any atom is -0.461 e. The molecule has 138 valence electrons. The first-order chi connectivity index (χ1) is 13.0. The largest absolute Gasteiger partial charge is 0.461 e. The van der Waals surface area contributed by atoms with E-state index < -0.39 is 11.9 Å². The maximum absolute atomic E-state index is 12.2. The molecule has 0 atom stereocenters. The zero-order valence-electron chi connectivity index (χ0n) is 14.7. The number of anilines is 1. The van der Waals surface area contributed by atoms with E-state index in [1.165, 1.54) is 23.9 Å². The van der Waals surface area contributed by atoms with Crippen LogP contribution in [0, 0.1) is 0 Å². The van der Waals surface area contributed by atoms with Crippen molar-refractivity contribution in [2.45, 2.75) is 6.92 Å². The third kappa shape index (κ3) is 4.09. The Morgan fingerprint density at radius 3 is 2.44 bits per heavy atom. The van der Waals surface area contributed by atoms with E-state index in [1.807, 2.05) is 0 Å². The minimum atomic E-state index is -0.482. The molecule has 0 unspecified atom stereocenters. The van der Waals surface area contributed by atoms with Crippen molar-refractivity contribution >= 4 is 17.6 Å².